The molecule has 1 aliphatic heterocycles. The molecule has 0 saturated heterocycles. The number of rotatable bonds is 1. The number of fused-ring (bicyclic) bond motifs is 1. The van der Waals surface area contributed by atoms with Gasteiger partial charge in [-0.15, -0.1) is 0 Å². The van der Waals surface area contributed by atoms with Gasteiger partial charge in [-0.1, -0.05) is 12.1 Å². The van der Waals surface area contributed by atoms with Crippen molar-refractivity contribution in [2.45, 2.75) is 19.9 Å². The van der Waals surface area contributed by atoms with Crippen LogP contribution in [0, 0.1) is 0 Å². The summed E-state index contributed by atoms with van der Waals surface area (Å²) in [5.41, 5.74) is 7.57. The number of nitrogens with two attached hydrogens (primary N) is 1. The van der Waals surface area contributed by atoms with Crippen molar-refractivity contribution >= 4 is 23.2 Å². The predicted octanol–water partition coefficient (Wildman–Crippen LogP) is 1.17. The van der Waals surface area contributed by atoms with Gasteiger partial charge in [-0.3, -0.25) is 9.79 Å². The lowest BCUT2D eigenvalue weighted by Gasteiger charge is -2.30. The Morgan fingerprint density at radius 3 is 2.88 bits per heavy atom. The van der Waals surface area contributed by atoms with E-state index in [4.69, 9.17) is 5.73 Å². The van der Waals surface area contributed by atoms with E-state index in [1.807, 2.05) is 38.1 Å². The van der Waals surface area contributed by atoms with Crippen LogP contribution < -0.4 is 16.0 Å². The normalized spacial score (nSPS) is 15.8. The maximum Gasteiger partial charge on any atom is 0.244 e. The Balaban J connectivity index is 2.39. The van der Waals surface area contributed by atoms with Crippen LogP contribution in [0.2, 0.25) is 0 Å². The molecule has 1 aromatic rings. The van der Waals surface area contributed by atoms with E-state index in [-0.39, 0.29) is 18.5 Å². The maximum absolute atomic E-state index is 11.6. The first-order valence-electron chi connectivity index (χ1n) is 5.57. The van der Waals surface area contributed by atoms with Gasteiger partial charge < -0.3 is 16.0 Å². The highest BCUT2D eigenvalue weighted by Crippen LogP contribution is 2.28. The Bertz CT molecular complexity index is 467. The minimum Gasteiger partial charge on any atom is -0.369 e. The van der Waals surface area contributed by atoms with Gasteiger partial charge in [0.05, 0.1) is 11.4 Å². The fourth-order valence-corrected chi connectivity index (χ4v) is 1.77. The van der Waals surface area contributed by atoms with Gasteiger partial charge in [-0.25, -0.2) is 0 Å². The van der Waals surface area contributed by atoms with Gasteiger partial charge in [-0.05, 0) is 26.0 Å². The van der Waals surface area contributed by atoms with E-state index in [1.165, 1.54) is 0 Å². The molecule has 0 atom stereocenters. The summed E-state index contributed by atoms with van der Waals surface area (Å²) in [6.45, 7) is 4.10. The summed E-state index contributed by atoms with van der Waals surface area (Å²) < 4.78 is 0. The molecule has 1 amide bonds. The van der Waals surface area contributed by atoms with Gasteiger partial charge in [-0.2, -0.15) is 0 Å². The first-order chi connectivity index (χ1) is 8.08. The van der Waals surface area contributed by atoms with E-state index < -0.39 is 0 Å². The van der Waals surface area contributed by atoms with Crippen LogP contribution in [-0.4, -0.2) is 24.5 Å². The standard InChI is InChI=1S/C12H16N4O/c1-8(2)14-12(13)16-7-11(17)15-9-5-3-4-6-10(9)16/h3-6,8H,7H2,1-2H3,(H2,13,14)(H,15,17). The number of hydrogen-bond acceptors (Lipinski definition) is 2. The largest absolute Gasteiger partial charge is 0.369 e. The molecule has 3 N–H and O–H groups in total. The zero-order chi connectivity index (χ0) is 12.4. The summed E-state index contributed by atoms with van der Waals surface area (Å²) >= 11 is 0. The minimum atomic E-state index is -0.0781. The molecule has 0 bridgehead atoms. The van der Waals surface area contributed by atoms with Crippen molar-refractivity contribution in [1.29, 1.82) is 0 Å². The Hall–Kier alpha value is -2.04. The number of carbonyl (C=O) groups excluding carboxylic acids is 1. The quantitative estimate of drug-likeness (QED) is 0.564. The number of nitrogens with zero attached hydrogens (tertiary/aromatic N) is 2. The third kappa shape index (κ3) is 2.38. The molecule has 90 valence electrons. The lowest BCUT2D eigenvalue weighted by molar-refractivity contribution is -0.115. The zero-order valence-corrected chi connectivity index (χ0v) is 9.97. The second-order valence-corrected chi connectivity index (χ2v) is 4.23. The van der Waals surface area contributed by atoms with Crippen molar-refractivity contribution in [3.8, 4) is 0 Å². The van der Waals surface area contributed by atoms with Crippen LogP contribution in [0.1, 0.15) is 13.8 Å². The number of hydrogen-bond donors (Lipinski definition) is 2. The summed E-state index contributed by atoms with van der Waals surface area (Å²) in [5, 5.41) is 2.81. The lowest BCUT2D eigenvalue weighted by atomic mass is 10.2. The maximum atomic E-state index is 11.6. The number of nitrogens with one attached hydrogen (secondary N) is 1. The number of benzene rings is 1. The van der Waals surface area contributed by atoms with Gasteiger partial charge in [0.15, 0.2) is 5.96 Å². The molecule has 17 heavy (non-hydrogen) atoms. The van der Waals surface area contributed by atoms with E-state index in [2.05, 4.69) is 10.3 Å². The summed E-state index contributed by atoms with van der Waals surface area (Å²) in [6, 6.07) is 7.65. The number of para-hydroxylation sites is 2. The van der Waals surface area contributed by atoms with E-state index in [0.717, 1.165) is 11.4 Å². The summed E-state index contributed by atoms with van der Waals surface area (Å²) in [4.78, 5) is 17.6. The van der Waals surface area contributed by atoms with Crippen molar-refractivity contribution in [2.24, 2.45) is 10.7 Å². The van der Waals surface area contributed by atoms with Crippen molar-refractivity contribution in [1.82, 2.24) is 0 Å². The van der Waals surface area contributed by atoms with Crippen LogP contribution >= 0.6 is 0 Å². The Morgan fingerprint density at radius 1 is 1.47 bits per heavy atom. The van der Waals surface area contributed by atoms with Gasteiger partial charge >= 0.3 is 0 Å². The molecule has 1 aliphatic rings. The molecule has 0 fully saturated rings. The molecule has 0 saturated carbocycles. The third-order valence-electron chi connectivity index (χ3n) is 2.44. The van der Waals surface area contributed by atoms with E-state index >= 15 is 0 Å². The van der Waals surface area contributed by atoms with E-state index in [0.29, 0.717) is 5.96 Å². The highest BCUT2D eigenvalue weighted by atomic mass is 16.2. The molecule has 0 radical (unpaired) electrons. The fourth-order valence-electron chi connectivity index (χ4n) is 1.77. The van der Waals surface area contributed by atoms with E-state index in [9.17, 15) is 4.79 Å². The predicted molar refractivity (Wildman–Crippen MR) is 69.2 cm³/mol. The van der Waals surface area contributed by atoms with Gasteiger partial charge in [0.2, 0.25) is 5.91 Å². The van der Waals surface area contributed by atoms with E-state index in [1.54, 1.807) is 4.90 Å². The number of carbonyl (C=O) groups is 1. The monoisotopic (exact) mass is 232 g/mol. The molecule has 1 aromatic carbocycles. The molecular weight excluding hydrogens is 216 g/mol. The molecule has 5 heteroatoms. The van der Waals surface area contributed by atoms with Crippen molar-refractivity contribution in [3.05, 3.63) is 24.3 Å². The molecule has 0 aromatic heterocycles. The van der Waals surface area contributed by atoms with Gasteiger partial charge in [0, 0.05) is 6.04 Å². The number of guanidine groups is 1. The average Bonchev–Trinajstić information content (AvgIpc) is 2.26. The number of anilines is 2. The molecular formula is C12H16N4O. The number of amides is 1. The lowest BCUT2D eigenvalue weighted by Crippen LogP contribution is -2.46. The zero-order valence-electron chi connectivity index (χ0n) is 9.97. The molecule has 1 heterocycles. The SMILES string of the molecule is CC(C)N=C(N)N1CC(=O)Nc2ccccc21. The van der Waals surface area contributed by atoms with Crippen LogP contribution in [0.15, 0.2) is 29.3 Å². The highest BCUT2D eigenvalue weighted by Gasteiger charge is 2.23. The van der Waals surface area contributed by atoms with Crippen molar-refractivity contribution in [3.63, 3.8) is 0 Å². The summed E-state index contributed by atoms with van der Waals surface area (Å²) in [6.07, 6.45) is 0. The van der Waals surface area contributed by atoms with Crippen LogP contribution in [0.4, 0.5) is 11.4 Å². The third-order valence-corrected chi connectivity index (χ3v) is 2.44. The first-order valence-corrected chi connectivity index (χ1v) is 5.57. The second-order valence-electron chi connectivity index (χ2n) is 4.23. The number of aliphatic imine (C=N–C) groups is 1. The van der Waals surface area contributed by atoms with Crippen LogP contribution in [0.25, 0.3) is 0 Å². The smallest absolute Gasteiger partial charge is 0.244 e. The average molecular weight is 232 g/mol. The summed E-state index contributed by atoms with van der Waals surface area (Å²) in [5.74, 6) is 0.299. The van der Waals surface area contributed by atoms with Crippen LogP contribution in [0.3, 0.4) is 0 Å². The van der Waals surface area contributed by atoms with Crippen molar-refractivity contribution < 1.29 is 4.79 Å². The Kier molecular flexibility index (Phi) is 2.99. The molecule has 0 unspecified atom stereocenters. The van der Waals surface area contributed by atoms with Crippen LogP contribution in [0.5, 0.6) is 0 Å². The second kappa shape index (κ2) is 4.45. The van der Waals surface area contributed by atoms with Crippen LogP contribution in [-0.2, 0) is 4.79 Å². The Morgan fingerprint density at radius 2 is 2.18 bits per heavy atom. The van der Waals surface area contributed by atoms with Crippen molar-refractivity contribution in [2.75, 3.05) is 16.8 Å². The molecule has 0 aliphatic carbocycles. The molecule has 5 nitrogen and oxygen atoms in total. The minimum absolute atomic E-state index is 0.0781. The highest BCUT2D eigenvalue weighted by molar-refractivity contribution is 6.10. The molecule has 2 rings (SSSR count). The van der Waals surface area contributed by atoms with Gasteiger partial charge in [0.1, 0.15) is 6.54 Å². The summed E-state index contributed by atoms with van der Waals surface area (Å²) in [7, 11) is 0. The van der Waals surface area contributed by atoms with Gasteiger partial charge in [0.25, 0.3) is 0 Å². The topological polar surface area (TPSA) is 70.7 Å². The first kappa shape index (κ1) is 11.4. The molecule has 0 spiro atoms. The fraction of sp³-hybridized carbons (Fsp3) is 0.333. The Labute approximate surface area is 100 Å².